The van der Waals surface area contributed by atoms with E-state index in [2.05, 4.69) is 59.4 Å². The van der Waals surface area contributed by atoms with Gasteiger partial charge in [0, 0.05) is 43.4 Å². The number of carbonyl (C=O) groups excluding carboxylic acids is 1. The molecule has 2 aromatic carbocycles. The van der Waals surface area contributed by atoms with Gasteiger partial charge in [0.05, 0.1) is 6.61 Å². The second-order valence-electron chi connectivity index (χ2n) is 7.49. The highest BCUT2D eigenvalue weighted by molar-refractivity contribution is 5.76. The molecule has 0 aliphatic carbocycles. The molecule has 0 spiro atoms. The van der Waals surface area contributed by atoms with E-state index in [1.165, 1.54) is 11.1 Å². The fraction of sp³-hybridized carbons (Fsp3) is 0.409. The number of nitrogens with one attached hydrogen (secondary N) is 2. The first-order valence-electron chi connectivity index (χ1n) is 9.77. The molecule has 2 saturated heterocycles. The fourth-order valence-corrected chi connectivity index (χ4v) is 4.57. The molecule has 2 heterocycles. The zero-order chi connectivity index (χ0) is 18.6. The van der Waals surface area contributed by atoms with Crippen molar-refractivity contribution < 1.29 is 9.90 Å². The molecule has 2 aromatic rings. The van der Waals surface area contributed by atoms with Crippen LogP contribution in [0.3, 0.4) is 0 Å². The van der Waals surface area contributed by atoms with Crippen molar-refractivity contribution in [2.75, 3.05) is 19.7 Å². The average Bonchev–Trinajstić information content (AvgIpc) is 3.13. The Labute approximate surface area is 160 Å². The molecule has 3 unspecified atom stereocenters. The van der Waals surface area contributed by atoms with Crippen molar-refractivity contribution in [3.8, 4) is 0 Å². The van der Waals surface area contributed by atoms with E-state index in [-0.39, 0.29) is 30.9 Å². The van der Waals surface area contributed by atoms with E-state index in [4.69, 9.17) is 5.11 Å². The molecule has 142 valence electrons. The van der Waals surface area contributed by atoms with Crippen molar-refractivity contribution in [3.05, 3.63) is 71.8 Å². The summed E-state index contributed by atoms with van der Waals surface area (Å²) in [5.41, 5.74) is 9.59. The minimum absolute atomic E-state index is 0.0533. The molecule has 0 bridgehead atoms. The summed E-state index contributed by atoms with van der Waals surface area (Å²) in [6, 6.07) is 21.7. The maximum absolute atomic E-state index is 12.3. The van der Waals surface area contributed by atoms with E-state index >= 15 is 0 Å². The third-order valence-electron chi connectivity index (χ3n) is 5.91. The number of amides is 1. The van der Waals surface area contributed by atoms with Gasteiger partial charge in [-0.2, -0.15) is 0 Å². The molecule has 5 nitrogen and oxygen atoms in total. The van der Waals surface area contributed by atoms with Crippen LogP contribution in [-0.4, -0.2) is 47.7 Å². The van der Waals surface area contributed by atoms with E-state index in [1.54, 1.807) is 0 Å². The van der Waals surface area contributed by atoms with Gasteiger partial charge in [0.1, 0.15) is 0 Å². The number of aliphatic hydroxyl groups excluding tert-OH is 1. The maximum atomic E-state index is 12.3. The Kier molecular flexibility index (Phi) is 5.53. The molecule has 1 amide bonds. The van der Waals surface area contributed by atoms with Gasteiger partial charge in [0.2, 0.25) is 5.91 Å². The van der Waals surface area contributed by atoms with Gasteiger partial charge in [-0.25, -0.2) is 0 Å². The number of likely N-dealkylation sites (tertiary alicyclic amines) is 1. The standard InChI is InChI=1S/C22H27N3O2/c26-14-12-20(27)25-13-11-19-18(15-25)22(24-23-19)21(16-7-3-1-4-8-16)17-9-5-2-6-10-17/h1-10,18-19,21-24,26H,11-15H2. The van der Waals surface area contributed by atoms with Crippen molar-refractivity contribution in [1.29, 1.82) is 0 Å². The number of hydrogen-bond acceptors (Lipinski definition) is 4. The van der Waals surface area contributed by atoms with Crippen LogP contribution in [0.25, 0.3) is 0 Å². The number of piperidine rings is 1. The van der Waals surface area contributed by atoms with Crippen LogP contribution in [0.15, 0.2) is 60.7 Å². The molecule has 0 aromatic heterocycles. The number of aliphatic hydroxyl groups is 1. The summed E-state index contributed by atoms with van der Waals surface area (Å²) in [5, 5.41) is 9.12. The Hall–Kier alpha value is -2.21. The molecule has 0 saturated carbocycles. The summed E-state index contributed by atoms with van der Waals surface area (Å²) >= 11 is 0. The number of benzene rings is 2. The van der Waals surface area contributed by atoms with E-state index in [0.29, 0.717) is 12.0 Å². The number of fused-ring (bicyclic) bond motifs is 1. The monoisotopic (exact) mass is 365 g/mol. The molecule has 3 atom stereocenters. The van der Waals surface area contributed by atoms with Gasteiger partial charge in [-0.3, -0.25) is 15.6 Å². The molecule has 2 aliphatic rings. The Balaban J connectivity index is 1.63. The predicted octanol–water partition coefficient (Wildman–Crippen LogP) is 1.89. The van der Waals surface area contributed by atoms with Crippen molar-refractivity contribution in [2.45, 2.75) is 30.8 Å². The Morgan fingerprint density at radius 3 is 2.26 bits per heavy atom. The number of rotatable bonds is 5. The highest BCUT2D eigenvalue weighted by atomic mass is 16.3. The average molecular weight is 365 g/mol. The summed E-state index contributed by atoms with van der Waals surface area (Å²) in [6.45, 7) is 1.40. The lowest BCUT2D eigenvalue weighted by atomic mass is 9.76. The molecule has 27 heavy (non-hydrogen) atoms. The Morgan fingerprint density at radius 2 is 1.67 bits per heavy atom. The zero-order valence-corrected chi connectivity index (χ0v) is 15.4. The highest BCUT2D eigenvalue weighted by Crippen LogP contribution is 2.37. The lowest BCUT2D eigenvalue weighted by Crippen LogP contribution is -2.49. The van der Waals surface area contributed by atoms with Gasteiger partial charge in [-0.05, 0) is 17.5 Å². The number of carbonyl (C=O) groups is 1. The second kappa shape index (κ2) is 8.21. The van der Waals surface area contributed by atoms with Gasteiger partial charge >= 0.3 is 0 Å². The Morgan fingerprint density at radius 1 is 1.04 bits per heavy atom. The van der Waals surface area contributed by atoms with Gasteiger partial charge < -0.3 is 10.0 Å². The van der Waals surface area contributed by atoms with E-state index in [0.717, 1.165) is 19.5 Å². The zero-order valence-electron chi connectivity index (χ0n) is 15.4. The quantitative estimate of drug-likeness (QED) is 0.757. The van der Waals surface area contributed by atoms with Crippen molar-refractivity contribution in [1.82, 2.24) is 15.8 Å². The second-order valence-corrected chi connectivity index (χ2v) is 7.49. The minimum Gasteiger partial charge on any atom is -0.396 e. The normalized spacial score (nSPS) is 24.8. The van der Waals surface area contributed by atoms with Crippen LogP contribution < -0.4 is 10.9 Å². The van der Waals surface area contributed by atoms with Gasteiger partial charge in [-0.1, -0.05) is 60.7 Å². The SMILES string of the molecule is O=C(CCO)N1CCC2NNC(C(c3ccccc3)c3ccccc3)C2C1. The molecular formula is C22H27N3O2. The maximum Gasteiger partial charge on any atom is 0.224 e. The minimum atomic E-state index is -0.0833. The largest absolute Gasteiger partial charge is 0.396 e. The van der Waals surface area contributed by atoms with Gasteiger partial charge in [0.25, 0.3) is 0 Å². The first-order valence-corrected chi connectivity index (χ1v) is 9.77. The third-order valence-corrected chi connectivity index (χ3v) is 5.91. The summed E-state index contributed by atoms with van der Waals surface area (Å²) in [5.74, 6) is 0.590. The van der Waals surface area contributed by atoms with Crippen LogP contribution in [0, 0.1) is 5.92 Å². The summed E-state index contributed by atoms with van der Waals surface area (Å²) in [6.07, 6.45) is 1.14. The summed E-state index contributed by atoms with van der Waals surface area (Å²) in [4.78, 5) is 14.3. The first kappa shape index (κ1) is 18.2. The van der Waals surface area contributed by atoms with E-state index in [9.17, 15) is 4.79 Å². The lowest BCUT2D eigenvalue weighted by molar-refractivity contribution is -0.133. The van der Waals surface area contributed by atoms with Crippen LogP contribution in [0.2, 0.25) is 0 Å². The van der Waals surface area contributed by atoms with Crippen LogP contribution in [0.1, 0.15) is 29.9 Å². The fourth-order valence-electron chi connectivity index (χ4n) is 4.57. The first-order chi connectivity index (χ1) is 13.3. The van der Waals surface area contributed by atoms with Crippen LogP contribution >= 0.6 is 0 Å². The third kappa shape index (κ3) is 3.76. The molecule has 2 fully saturated rings. The predicted molar refractivity (Wildman–Crippen MR) is 105 cm³/mol. The number of hydrogen-bond donors (Lipinski definition) is 3. The van der Waals surface area contributed by atoms with E-state index in [1.807, 2.05) is 17.0 Å². The van der Waals surface area contributed by atoms with Crippen LogP contribution in [-0.2, 0) is 4.79 Å². The van der Waals surface area contributed by atoms with Crippen molar-refractivity contribution in [2.24, 2.45) is 5.92 Å². The molecule has 0 radical (unpaired) electrons. The van der Waals surface area contributed by atoms with Crippen molar-refractivity contribution in [3.63, 3.8) is 0 Å². The van der Waals surface area contributed by atoms with Crippen LogP contribution in [0.4, 0.5) is 0 Å². The van der Waals surface area contributed by atoms with E-state index < -0.39 is 0 Å². The molecular weight excluding hydrogens is 338 g/mol. The lowest BCUT2D eigenvalue weighted by Gasteiger charge is -2.38. The van der Waals surface area contributed by atoms with Gasteiger partial charge in [0.15, 0.2) is 0 Å². The molecule has 3 N–H and O–H groups in total. The topological polar surface area (TPSA) is 64.6 Å². The number of hydrazine groups is 1. The van der Waals surface area contributed by atoms with Crippen molar-refractivity contribution >= 4 is 5.91 Å². The highest BCUT2D eigenvalue weighted by Gasteiger charge is 2.44. The smallest absolute Gasteiger partial charge is 0.224 e. The Bertz CT molecular complexity index is 713. The molecule has 2 aliphatic heterocycles. The summed E-state index contributed by atoms with van der Waals surface area (Å²) in [7, 11) is 0. The van der Waals surface area contributed by atoms with Gasteiger partial charge in [-0.15, -0.1) is 0 Å². The summed E-state index contributed by atoms with van der Waals surface area (Å²) < 4.78 is 0. The molecule has 5 heteroatoms. The number of nitrogens with zero attached hydrogens (tertiary/aromatic N) is 1. The molecule has 4 rings (SSSR count). The van der Waals surface area contributed by atoms with Crippen LogP contribution in [0.5, 0.6) is 0 Å².